The van der Waals surface area contributed by atoms with Crippen molar-refractivity contribution < 1.29 is 9.53 Å². The fourth-order valence-corrected chi connectivity index (χ4v) is 2.79. The minimum atomic E-state index is -0.349. The monoisotopic (exact) mass is 351 g/mol. The van der Waals surface area contributed by atoms with E-state index in [4.69, 9.17) is 4.74 Å². The number of benzene rings is 2. The van der Waals surface area contributed by atoms with E-state index in [1.54, 1.807) is 42.9 Å². The lowest BCUT2D eigenvalue weighted by Gasteiger charge is -2.07. The molecule has 26 heavy (non-hydrogen) atoms. The summed E-state index contributed by atoms with van der Waals surface area (Å²) in [4.78, 5) is 25.5. The molecule has 1 amide bonds. The van der Waals surface area contributed by atoms with E-state index in [-0.39, 0.29) is 17.2 Å². The molecule has 3 rings (SSSR count). The van der Waals surface area contributed by atoms with Gasteiger partial charge >= 0.3 is 0 Å². The van der Waals surface area contributed by atoms with E-state index in [0.717, 1.165) is 5.69 Å². The van der Waals surface area contributed by atoms with Gasteiger partial charge in [0.05, 0.1) is 18.0 Å². The summed E-state index contributed by atoms with van der Waals surface area (Å²) in [7, 11) is 1.79. The minimum Gasteiger partial charge on any atom is -0.494 e. The zero-order valence-electron chi connectivity index (χ0n) is 15.0. The first-order chi connectivity index (χ1) is 12.5. The van der Waals surface area contributed by atoms with Gasteiger partial charge in [0, 0.05) is 12.6 Å². The van der Waals surface area contributed by atoms with Crippen LogP contribution in [0.25, 0.3) is 5.69 Å². The third-order valence-corrected chi connectivity index (χ3v) is 4.20. The summed E-state index contributed by atoms with van der Waals surface area (Å²) < 4.78 is 8.68. The van der Waals surface area contributed by atoms with E-state index >= 15 is 0 Å². The van der Waals surface area contributed by atoms with E-state index in [1.165, 1.54) is 4.68 Å². The maximum absolute atomic E-state index is 12.8. The number of nitrogens with one attached hydrogen (secondary N) is 1. The Hall–Kier alpha value is -3.28. The van der Waals surface area contributed by atoms with E-state index < -0.39 is 0 Å². The largest absolute Gasteiger partial charge is 0.494 e. The van der Waals surface area contributed by atoms with Gasteiger partial charge in [-0.3, -0.25) is 14.3 Å². The Morgan fingerprint density at radius 2 is 1.85 bits per heavy atom. The third kappa shape index (κ3) is 3.26. The number of nitrogens with zero attached hydrogens (tertiary/aromatic N) is 2. The van der Waals surface area contributed by atoms with Gasteiger partial charge in [0.2, 0.25) is 0 Å². The quantitative estimate of drug-likeness (QED) is 0.768. The fourth-order valence-electron chi connectivity index (χ4n) is 2.79. The maximum atomic E-state index is 12.8. The number of hydrogen-bond donors (Lipinski definition) is 1. The van der Waals surface area contributed by atoms with Crippen molar-refractivity contribution in [1.29, 1.82) is 0 Å². The first-order valence-electron chi connectivity index (χ1n) is 8.41. The van der Waals surface area contributed by atoms with Crippen LogP contribution in [0.4, 0.5) is 5.69 Å². The molecule has 0 saturated heterocycles. The van der Waals surface area contributed by atoms with Gasteiger partial charge in [-0.1, -0.05) is 24.3 Å². The number of rotatable bonds is 5. The van der Waals surface area contributed by atoms with Crippen molar-refractivity contribution in [3.8, 4) is 11.4 Å². The number of carbonyl (C=O) groups is 1. The second kappa shape index (κ2) is 7.31. The molecule has 3 aromatic rings. The van der Waals surface area contributed by atoms with E-state index in [9.17, 15) is 9.59 Å². The number of ether oxygens (including phenoxy) is 1. The zero-order valence-corrected chi connectivity index (χ0v) is 15.0. The SMILES string of the molecule is CCOc1cccc(C(=O)Nc2c(C)n(C)n(-c3ccccc3)c2=O)c1. The molecule has 6 heteroatoms. The molecule has 0 aliphatic heterocycles. The van der Waals surface area contributed by atoms with Crippen LogP contribution in [0.15, 0.2) is 59.4 Å². The van der Waals surface area contributed by atoms with Crippen LogP contribution in [0.2, 0.25) is 0 Å². The van der Waals surface area contributed by atoms with Crippen LogP contribution in [0, 0.1) is 6.92 Å². The first-order valence-corrected chi connectivity index (χ1v) is 8.41. The summed E-state index contributed by atoms with van der Waals surface area (Å²) >= 11 is 0. The van der Waals surface area contributed by atoms with Crippen molar-refractivity contribution in [2.75, 3.05) is 11.9 Å². The molecular weight excluding hydrogens is 330 g/mol. The molecule has 0 aliphatic carbocycles. The van der Waals surface area contributed by atoms with Crippen molar-refractivity contribution in [2.24, 2.45) is 7.05 Å². The fraction of sp³-hybridized carbons (Fsp3) is 0.200. The predicted molar refractivity (Wildman–Crippen MR) is 101 cm³/mol. The average Bonchev–Trinajstić information content (AvgIpc) is 2.86. The van der Waals surface area contributed by atoms with Crippen LogP contribution in [-0.4, -0.2) is 21.9 Å². The van der Waals surface area contributed by atoms with E-state index in [1.807, 2.05) is 37.3 Å². The van der Waals surface area contributed by atoms with Gasteiger partial charge in [-0.2, -0.15) is 0 Å². The Morgan fingerprint density at radius 3 is 2.54 bits per heavy atom. The molecular formula is C20H21N3O3. The van der Waals surface area contributed by atoms with Gasteiger partial charge in [-0.05, 0) is 44.2 Å². The molecule has 0 unspecified atom stereocenters. The molecule has 1 aromatic heterocycles. The van der Waals surface area contributed by atoms with Crippen molar-refractivity contribution >= 4 is 11.6 Å². The Bertz CT molecular complexity index is 987. The lowest BCUT2D eigenvalue weighted by Crippen LogP contribution is -2.23. The van der Waals surface area contributed by atoms with Crippen molar-refractivity contribution in [3.05, 3.63) is 76.2 Å². The third-order valence-electron chi connectivity index (χ3n) is 4.20. The smallest absolute Gasteiger partial charge is 0.295 e. The summed E-state index contributed by atoms with van der Waals surface area (Å²) in [6.45, 7) is 4.20. The molecule has 1 heterocycles. The molecule has 1 N–H and O–H groups in total. The molecule has 0 saturated carbocycles. The Morgan fingerprint density at radius 1 is 1.12 bits per heavy atom. The maximum Gasteiger partial charge on any atom is 0.295 e. The highest BCUT2D eigenvalue weighted by atomic mass is 16.5. The number of anilines is 1. The van der Waals surface area contributed by atoms with Gasteiger partial charge in [0.25, 0.3) is 11.5 Å². The highest BCUT2D eigenvalue weighted by molar-refractivity contribution is 6.04. The first kappa shape index (κ1) is 17.5. The summed E-state index contributed by atoms with van der Waals surface area (Å²) in [6, 6.07) is 16.2. The molecule has 0 spiro atoms. The van der Waals surface area contributed by atoms with Gasteiger partial charge in [0.15, 0.2) is 0 Å². The highest BCUT2D eigenvalue weighted by Crippen LogP contribution is 2.17. The topological polar surface area (TPSA) is 65.3 Å². The molecule has 0 aliphatic rings. The van der Waals surface area contributed by atoms with Crippen molar-refractivity contribution in [3.63, 3.8) is 0 Å². The molecule has 2 aromatic carbocycles. The number of carbonyl (C=O) groups excluding carboxylic acids is 1. The second-order valence-electron chi connectivity index (χ2n) is 5.85. The van der Waals surface area contributed by atoms with Crippen molar-refractivity contribution in [1.82, 2.24) is 9.36 Å². The number of aromatic nitrogens is 2. The Balaban J connectivity index is 1.95. The van der Waals surface area contributed by atoms with Crippen LogP contribution >= 0.6 is 0 Å². The summed E-state index contributed by atoms with van der Waals surface area (Å²) in [5.74, 6) is 0.268. The normalized spacial score (nSPS) is 10.6. The van der Waals surface area contributed by atoms with Gasteiger partial charge in [0.1, 0.15) is 11.4 Å². The average molecular weight is 351 g/mol. The molecule has 0 fully saturated rings. The molecule has 0 atom stereocenters. The molecule has 134 valence electrons. The van der Waals surface area contributed by atoms with Crippen LogP contribution in [-0.2, 0) is 7.05 Å². The van der Waals surface area contributed by atoms with Crippen LogP contribution in [0.1, 0.15) is 23.0 Å². The molecule has 0 bridgehead atoms. The van der Waals surface area contributed by atoms with Crippen molar-refractivity contribution in [2.45, 2.75) is 13.8 Å². The summed E-state index contributed by atoms with van der Waals surface area (Å²) in [5, 5.41) is 2.75. The summed E-state index contributed by atoms with van der Waals surface area (Å²) in [5.41, 5.74) is 1.84. The molecule has 6 nitrogen and oxygen atoms in total. The van der Waals surface area contributed by atoms with E-state index in [0.29, 0.717) is 23.6 Å². The van der Waals surface area contributed by atoms with Crippen LogP contribution < -0.4 is 15.6 Å². The Labute approximate surface area is 151 Å². The van der Waals surface area contributed by atoms with E-state index in [2.05, 4.69) is 5.32 Å². The number of para-hydroxylation sites is 1. The Kier molecular flexibility index (Phi) is 4.93. The lowest BCUT2D eigenvalue weighted by molar-refractivity contribution is 0.102. The minimum absolute atomic E-state index is 0.267. The van der Waals surface area contributed by atoms with Gasteiger partial charge in [-0.15, -0.1) is 0 Å². The number of amides is 1. The van der Waals surface area contributed by atoms with Crippen LogP contribution in [0.3, 0.4) is 0 Å². The lowest BCUT2D eigenvalue weighted by atomic mass is 10.2. The predicted octanol–water partition coefficient (Wildman–Crippen LogP) is 3.14. The van der Waals surface area contributed by atoms with Crippen LogP contribution in [0.5, 0.6) is 5.75 Å². The zero-order chi connectivity index (χ0) is 18.7. The summed E-state index contributed by atoms with van der Waals surface area (Å²) in [6.07, 6.45) is 0. The second-order valence-corrected chi connectivity index (χ2v) is 5.85. The highest BCUT2D eigenvalue weighted by Gasteiger charge is 2.18. The standard InChI is InChI=1S/C20H21N3O3/c1-4-26-17-12-8-9-15(13-17)19(24)21-18-14(2)22(3)23(20(18)25)16-10-6-5-7-11-16/h5-13H,4H2,1-3H3,(H,21,24). The molecule has 0 radical (unpaired) electrons. The number of hydrogen-bond acceptors (Lipinski definition) is 3. The van der Waals surface area contributed by atoms with Gasteiger partial charge in [-0.25, -0.2) is 4.68 Å². The van der Waals surface area contributed by atoms with Gasteiger partial charge < -0.3 is 10.1 Å².